The second-order valence-corrected chi connectivity index (χ2v) is 29.0. The molecule has 0 saturated carbocycles. The van der Waals surface area contributed by atoms with Gasteiger partial charge < -0.3 is 5.73 Å². The number of aryl methyl sites for hydroxylation is 8. The van der Waals surface area contributed by atoms with Gasteiger partial charge in [-0.05, 0) is 212 Å². The number of halogens is 1. The third kappa shape index (κ3) is 13.5. The molecule has 2 unspecified atom stereocenters. The molecule has 0 saturated heterocycles. The van der Waals surface area contributed by atoms with E-state index in [-0.39, 0.29) is 11.7 Å². The van der Waals surface area contributed by atoms with Crippen LogP contribution in [0.1, 0.15) is 62.7 Å². The maximum atomic E-state index is 8.53. The third-order valence-corrected chi connectivity index (χ3v) is 23.6. The van der Waals surface area contributed by atoms with E-state index in [4.69, 9.17) is 5.73 Å². The maximum absolute atomic E-state index is 8.53. The zero-order chi connectivity index (χ0) is 55.7. The van der Waals surface area contributed by atoms with Crippen molar-refractivity contribution in [2.75, 3.05) is 0 Å². The molecule has 0 aliphatic heterocycles. The van der Waals surface area contributed by atoms with E-state index in [1.807, 2.05) is 30.3 Å². The van der Waals surface area contributed by atoms with Gasteiger partial charge in [-0.1, -0.05) is 165 Å². The zero-order valence-electron chi connectivity index (χ0n) is 46.9. The van der Waals surface area contributed by atoms with Crippen molar-refractivity contribution in [1.82, 2.24) is 0 Å². The zero-order valence-corrected chi connectivity index (χ0v) is 52.4. The SMILES string of the molecule is CC([NH-])C(c1ccccc1)[PH+](c1ccccc1)c1ccccc1.Cc1cc(C)cc([PH+](c2cc(C)cc(C)c2)c2ccc3ccccc3c2-c2c([PH+](c3cc(C)cc(C)c3)c3cc(C)cc(C)c3)ccc3ccccc23)c1.[Cl][Ru+]. The molecule has 0 heterocycles. The summed E-state index contributed by atoms with van der Waals surface area (Å²) in [6, 6.07) is 88.8. The van der Waals surface area contributed by atoms with Crippen molar-refractivity contribution >= 4 is 97.4 Å². The first-order valence-electron chi connectivity index (χ1n) is 27.3. The molecular weight excluding hydrogens is 1120 g/mol. The van der Waals surface area contributed by atoms with Gasteiger partial charge in [0.05, 0.1) is 40.0 Å². The van der Waals surface area contributed by atoms with Crippen molar-refractivity contribution in [1.29, 1.82) is 0 Å². The molecule has 0 radical (unpaired) electrons. The van der Waals surface area contributed by atoms with Gasteiger partial charge in [-0.2, -0.15) is 0 Å². The minimum absolute atomic E-state index is 0.147. The quantitative estimate of drug-likeness (QED) is 0.0860. The van der Waals surface area contributed by atoms with Crippen LogP contribution in [0.4, 0.5) is 0 Å². The van der Waals surface area contributed by atoms with E-state index in [9.17, 15) is 0 Å². The van der Waals surface area contributed by atoms with Crippen LogP contribution in [-0.4, -0.2) is 6.04 Å². The van der Waals surface area contributed by atoms with E-state index in [2.05, 4.69) is 296 Å². The van der Waals surface area contributed by atoms with Gasteiger partial charge in [0.25, 0.3) is 0 Å². The van der Waals surface area contributed by atoms with E-state index >= 15 is 0 Å². The minimum atomic E-state index is -1.49. The van der Waals surface area contributed by atoms with Crippen LogP contribution < -0.4 is 42.4 Å². The van der Waals surface area contributed by atoms with Crippen molar-refractivity contribution in [3.63, 3.8) is 0 Å². The summed E-state index contributed by atoms with van der Waals surface area (Å²) in [5.74, 6) is 0. The number of rotatable bonds is 12. The first kappa shape index (κ1) is 57.8. The molecule has 0 spiro atoms. The molecule has 0 aromatic heterocycles. The summed E-state index contributed by atoms with van der Waals surface area (Å²) in [5.41, 5.74) is 23.4. The average Bonchev–Trinajstić information content (AvgIpc) is 3.60. The molecule has 11 aromatic rings. The van der Waals surface area contributed by atoms with Gasteiger partial charge in [0.2, 0.25) is 0 Å². The van der Waals surface area contributed by atoms with Gasteiger partial charge in [-0.15, -0.1) is 0 Å². The Morgan fingerprint density at radius 3 is 0.911 bits per heavy atom. The molecule has 0 amide bonds. The van der Waals surface area contributed by atoms with Gasteiger partial charge in [-0.3, -0.25) is 0 Å². The van der Waals surface area contributed by atoms with Crippen molar-refractivity contribution in [3.8, 4) is 11.1 Å². The van der Waals surface area contributed by atoms with Crippen LogP contribution in [0.3, 0.4) is 0 Å². The third-order valence-electron chi connectivity index (χ3n) is 14.8. The average molecular weight is 1190 g/mol. The van der Waals surface area contributed by atoms with Gasteiger partial charge in [0, 0.05) is 11.1 Å². The molecule has 2 atom stereocenters. The number of hydrogen-bond donors (Lipinski definition) is 0. The molecule has 0 aliphatic rings. The van der Waals surface area contributed by atoms with Crippen LogP contribution in [0.5, 0.6) is 0 Å². The Morgan fingerprint density at radius 2 is 0.608 bits per heavy atom. The molecular formula is C73H72ClNP3Ru+3. The molecule has 1 N–H and O–H groups in total. The van der Waals surface area contributed by atoms with Crippen molar-refractivity contribution in [2.45, 2.75) is 74.0 Å². The Hall–Kier alpha value is -5.90. The molecule has 0 aliphatic carbocycles. The Labute approximate surface area is 488 Å². The standard InChI is InChI=1S/C52H48P2.C21H21NP.ClH.Ru/c1-33-21-34(2)26-43(25-33)53(44-27-35(3)22-36(4)28-44)49-19-17-41-13-9-11-15-47(41)51(49)52-48-16-12-10-14-42(48)18-20-50(52)54(45-29-37(5)23-38(6)30-45)46-31-39(7)24-40(8)32-46;1-17(22)21(18-11-5-2-6-12-18)23(19-13-7-3-8-14-19)20-15-9-4-10-16-20;;/h9-32H,1-8H3;2-17,21-22H,1H3;1H;/q;-1;;+2/p+2. The fourth-order valence-electron chi connectivity index (χ4n) is 12.1. The van der Waals surface area contributed by atoms with Crippen LogP contribution in [-0.2, 0) is 17.3 Å². The molecule has 1 nitrogen and oxygen atoms in total. The number of fused-ring (bicyclic) bond motifs is 2. The summed E-state index contributed by atoms with van der Waals surface area (Å²) >= 11 is 1.82. The first-order chi connectivity index (χ1) is 38.3. The molecule has 0 fully saturated rings. The van der Waals surface area contributed by atoms with Crippen LogP contribution >= 0.6 is 33.5 Å². The number of nitrogens with one attached hydrogen (secondary N) is 1. The van der Waals surface area contributed by atoms with Gasteiger partial charge in [0.1, 0.15) is 31.8 Å². The number of benzene rings is 11. The van der Waals surface area contributed by atoms with Crippen LogP contribution in [0.25, 0.3) is 38.4 Å². The summed E-state index contributed by atoms with van der Waals surface area (Å²) in [7, 11) is 0.520. The Morgan fingerprint density at radius 1 is 0.329 bits per heavy atom. The first-order valence-corrected chi connectivity index (χ1v) is 34.1. The van der Waals surface area contributed by atoms with Gasteiger partial charge in [0.15, 0.2) is 0 Å². The fourth-order valence-corrected chi connectivity index (χ4v) is 21.6. The predicted molar refractivity (Wildman–Crippen MR) is 354 cm³/mol. The van der Waals surface area contributed by atoms with Crippen LogP contribution in [0.15, 0.2) is 237 Å². The molecule has 79 heavy (non-hydrogen) atoms. The molecule has 396 valence electrons. The van der Waals surface area contributed by atoms with Gasteiger partial charge in [-0.25, -0.2) is 0 Å². The summed E-state index contributed by atoms with van der Waals surface area (Å²) in [6.07, 6.45) is 0. The van der Waals surface area contributed by atoms with Crippen molar-refractivity contribution < 1.29 is 17.3 Å². The van der Waals surface area contributed by atoms with Crippen molar-refractivity contribution in [2.24, 2.45) is 0 Å². The second-order valence-electron chi connectivity index (χ2n) is 21.5. The Kier molecular flexibility index (Phi) is 19.4. The van der Waals surface area contributed by atoms with Crippen LogP contribution in [0, 0.1) is 55.4 Å². The summed E-state index contributed by atoms with van der Waals surface area (Å²) in [4.78, 5) is 0. The summed E-state index contributed by atoms with van der Waals surface area (Å²) in [5, 5.41) is 16.6. The monoisotopic (exact) mass is 1190 g/mol. The van der Waals surface area contributed by atoms with E-state index in [1.165, 1.54) is 125 Å². The molecule has 0 bridgehead atoms. The second kappa shape index (κ2) is 26.6. The van der Waals surface area contributed by atoms with E-state index in [1.54, 1.807) is 0 Å². The Balaban J connectivity index is 0.000000252. The predicted octanol–water partition coefficient (Wildman–Crippen LogP) is 16.8. The Bertz CT molecular complexity index is 3450. The van der Waals surface area contributed by atoms with E-state index in [0.29, 0.717) is 0 Å². The number of hydrogen-bond acceptors (Lipinski definition) is 0. The topological polar surface area (TPSA) is 23.8 Å². The molecule has 11 rings (SSSR count). The van der Waals surface area contributed by atoms with E-state index in [0.717, 1.165) is 0 Å². The van der Waals surface area contributed by atoms with Crippen molar-refractivity contribution in [3.05, 3.63) is 292 Å². The summed E-state index contributed by atoms with van der Waals surface area (Å²) in [6.45, 7) is 20.1. The van der Waals surface area contributed by atoms with Crippen LogP contribution in [0.2, 0.25) is 0 Å². The van der Waals surface area contributed by atoms with Gasteiger partial charge >= 0.3 is 27.0 Å². The normalized spacial score (nSPS) is 12.0. The molecule has 6 heteroatoms. The fraction of sp³-hybridized carbons (Fsp3) is 0.151. The molecule has 11 aromatic carbocycles. The van der Waals surface area contributed by atoms with E-state index < -0.39 is 23.8 Å². The summed E-state index contributed by atoms with van der Waals surface area (Å²) < 4.78 is 0.